The molecule has 1 saturated heterocycles. The van der Waals surface area contributed by atoms with E-state index in [1.54, 1.807) is 6.20 Å². The third-order valence-corrected chi connectivity index (χ3v) is 2.57. The molecule has 4 heteroatoms. The Hall–Kier alpha value is -1.16. The van der Waals surface area contributed by atoms with Gasteiger partial charge in [0.05, 0.1) is 23.2 Å². The van der Waals surface area contributed by atoms with Gasteiger partial charge in [-0.25, -0.2) is 4.98 Å². The largest absolute Gasteiger partial charge is 0.386 e. The number of aryl methyl sites for hydroxylation is 2. The smallest absolute Gasteiger partial charge is 0.147 e. The summed E-state index contributed by atoms with van der Waals surface area (Å²) in [6.45, 7) is 7.01. The quantitative estimate of drug-likeness (QED) is 0.712. The molecule has 2 heterocycles. The fourth-order valence-electron chi connectivity index (χ4n) is 1.62. The third kappa shape index (κ3) is 1.57. The van der Waals surface area contributed by atoms with Gasteiger partial charge in [-0.2, -0.15) is 0 Å². The van der Waals surface area contributed by atoms with Crippen LogP contribution in [0.4, 0.5) is 5.82 Å². The molecule has 0 aliphatic carbocycles. The van der Waals surface area contributed by atoms with Gasteiger partial charge < -0.3 is 10.0 Å². The van der Waals surface area contributed by atoms with E-state index in [9.17, 15) is 5.11 Å². The van der Waals surface area contributed by atoms with Gasteiger partial charge in [-0.15, -0.1) is 0 Å². The van der Waals surface area contributed by atoms with Gasteiger partial charge in [0.25, 0.3) is 0 Å². The molecule has 76 valence electrons. The normalized spacial score (nSPS) is 19.3. The number of hydrogen-bond donors (Lipinski definition) is 1. The molecule has 0 unspecified atom stereocenters. The maximum absolute atomic E-state index is 9.58. The molecule has 1 aliphatic rings. The number of nitrogens with zero attached hydrogens (tertiary/aromatic N) is 3. The molecule has 4 nitrogen and oxygen atoms in total. The first-order chi connectivity index (χ1) is 6.48. The summed E-state index contributed by atoms with van der Waals surface area (Å²) < 4.78 is 0. The lowest BCUT2D eigenvalue weighted by Crippen LogP contribution is -2.60. The summed E-state index contributed by atoms with van der Waals surface area (Å²) in [6, 6.07) is 0. The highest BCUT2D eigenvalue weighted by atomic mass is 16.3. The zero-order valence-corrected chi connectivity index (χ0v) is 8.78. The first kappa shape index (κ1) is 9.40. The second kappa shape index (κ2) is 2.92. The van der Waals surface area contributed by atoms with Crippen molar-refractivity contribution in [2.45, 2.75) is 26.4 Å². The van der Waals surface area contributed by atoms with Gasteiger partial charge in [-0.3, -0.25) is 4.98 Å². The number of β-amino-alcohol motifs (C(OH)–C–C–N with tert-alkyl or cyclic N) is 1. The Morgan fingerprint density at radius 3 is 2.50 bits per heavy atom. The summed E-state index contributed by atoms with van der Waals surface area (Å²) >= 11 is 0. The first-order valence-corrected chi connectivity index (χ1v) is 4.75. The maximum atomic E-state index is 9.58. The second-order valence-corrected chi connectivity index (χ2v) is 4.25. The second-order valence-electron chi connectivity index (χ2n) is 4.25. The summed E-state index contributed by atoms with van der Waals surface area (Å²) in [4.78, 5) is 10.7. The Morgan fingerprint density at radius 2 is 2.00 bits per heavy atom. The SMILES string of the molecule is Cc1ncc(N2CC(C)(O)C2)nc1C. The summed E-state index contributed by atoms with van der Waals surface area (Å²) in [7, 11) is 0. The fourth-order valence-corrected chi connectivity index (χ4v) is 1.62. The lowest BCUT2D eigenvalue weighted by Gasteiger charge is -2.44. The van der Waals surface area contributed by atoms with Gasteiger partial charge in [0.15, 0.2) is 0 Å². The van der Waals surface area contributed by atoms with Crippen molar-refractivity contribution < 1.29 is 5.11 Å². The molecule has 1 fully saturated rings. The zero-order valence-electron chi connectivity index (χ0n) is 8.78. The number of hydrogen-bond acceptors (Lipinski definition) is 4. The predicted molar refractivity (Wildman–Crippen MR) is 54.3 cm³/mol. The molecular formula is C10H15N3O. The van der Waals surface area contributed by atoms with Crippen molar-refractivity contribution in [3.63, 3.8) is 0 Å². The first-order valence-electron chi connectivity index (χ1n) is 4.75. The Bertz CT molecular complexity index is 354. The van der Waals surface area contributed by atoms with Gasteiger partial charge in [0.2, 0.25) is 0 Å². The van der Waals surface area contributed by atoms with E-state index in [-0.39, 0.29) is 0 Å². The average Bonchev–Trinajstić information content (AvgIpc) is 2.06. The van der Waals surface area contributed by atoms with Crippen molar-refractivity contribution in [1.82, 2.24) is 9.97 Å². The Labute approximate surface area is 83.6 Å². The molecular weight excluding hydrogens is 178 g/mol. The van der Waals surface area contributed by atoms with E-state index in [1.807, 2.05) is 25.7 Å². The summed E-state index contributed by atoms with van der Waals surface area (Å²) in [5.74, 6) is 0.861. The Balaban J connectivity index is 2.16. The molecule has 0 atom stereocenters. The van der Waals surface area contributed by atoms with Crippen LogP contribution in [0.25, 0.3) is 0 Å². The third-order valence-electron chi connectivity index (χ3n) is 2.57. The molecule has 0 radical (unpaired) electrons. The van der Waals surface area contributed by atoms with Crippen LogP contribution in [-0.4, -0.2) is 33.8 Å². The number of aliphatic hydroxyl groups is 1. The van der Waals surface area contributed by atoms with E-state index in [1.165, 1.54) is 0 Å². The molecule has 1 aromatic heterocycles. The van der Waals surface area contributed by atoms with E-state index in [4.69, 9.17) is 0 Å². The van der Waals surface area contributed by atoms with Crippen LogP contribution in [0.2, 0.25) is 0 Å². The van der Waals surface area contributed by atoms with E-state index < -0.39 is 5.60 Å². The standard InChI is InChI=1S/C10H15N3O/c1-7-8(2)12-9(4-11-7)13-5-10(3,14)6-13/h4,14H,5-6H2,1-3H3. The van der Waals surface area contributed by atoms with Crippen LogP contribution in [0.1, 0.15) is 18.3 Å². The van der Waals surface area contributed by atoms with Gasteiger partial charge >= 0.3 is 0 Å². The van der Waals surface area contributed by atoms with Crippen molar-refractivity contribution in [1.29, 1.82) is 0 Å². The monoisotopic (exact) mass is 193 g/mol. The molecule has 14 heavy (non-hydrogen) atoms. The highest BCUT2D eigenvalue weighted by Gasteiger charge is 2.37. The highest BCUT2D eigenvalue weighted by molar-refractivity contribution is 5.42. The molecule has 0 aromatic carbocycles. The van der Waals surface area contributed by atoms with Crippen LogP contribution in [0.15, 0.2) is 6.20 Å². The van der Waals surface area contributed by atoms with E-state index >= 15 is 0 Å². The summed E-state index contributed by atoms with van der Waals surface area (Å²) in [6.07, 6.45) is 1.76. The van der Waals surface area contributed by atoms with Crippen LogP contribution < -0.4 is 4.90 Å². The molecule has 0 amide bonds. The van der Waals surface area contributed by atoms with E-state index in [0.29, 0.717) is 13.1 Å². The van der Waals surface area contributed by atoms with Gasteiger partial charge in [-0.1, -0.05) is 0 Å². The van der Waals surface area contributed by atoms with Gasteiger partial charge in [0, 0.05) is 13.1 Å². The highest BCUT2D eigenvalue weighted by Crippen LogP contribution is 2.25. The Kier molecular flexibility index (Phi) is 1.96. The van der Waals surface area contributed by atoms with Crippen molar-refractivity contribution in [3.8, 4) is 0 Å². The fraction of sp³-hybridized carbons (Fsp3) is 0.600. The number of rotatable bonds is 1. The zero-order chi connectivity index (χ0) is 10.3. The minimum Gasteiger partial charge on any atom is -0.386 e. The van der Waals surface area contributed by atoms with Crippen molar-refractivity contribution in [2.24, 2.45) is 0 Å². The summed E-state index contributed by atoms with van der Waals surface area (Å²) in [5.41, 5.74) is 1.36. The Morgan fingerprint density at radius 1 is 1.36 bits per heavy atom. The van der Waals surface area contributed by atoms with E-state index in [2.05, 4.69) is 9.97 Å². The summed E-state index contributed by atoms with van der Waals surface area (Å²) in [5, 5.41) is 9.58. The van der Waals surface area contributed by atoms with Crippen molar-refractivity contribution in [3.05, 3.63) is 17.6 Å². The lowest BCUT2D eigenvalue weighted by molar-refractivity contribution is 0.0305. The molecule has 0 spiro atoms. The predicted octanol–water partition coefficient (Wildman–Crippen LogP) is 0.664. The lowest BCUT2D eigenvalue weighted by atomic mass is 9.97. The van der Waals surface area contributed by atoms with Gasteiger partial charge in [0.1, 0.15) is 5.82 Å². The van der Waals surface area contributed by atoms with E-state index in [0.717, 1.165) is 17.2 Å². The molecule has 2 rings (SSSR count). The minimum absolute atomic E-state index is 0.555. The molecule has 0 bridgehead atoms. The van der Waals surface area contributed by atoms with Crippen molar-refractivity contribution in [2.75, 3.05) is 18.0 Å². The van der Waals surface area contributed by atoms with Crippen LogP contribution in [0, 0.1) is 13.8 Å². The molecule has 1 aliphatic heterocycles. The number of anilines is 1. The minimum atomic E-state index is -0.555. The van der Waals surface area contributed by atoms with Crippen LogP contribution in [0.3, 0.4) is 0 Å². The number of aromatic nitrogens is 2. The van der Waals surface area contributed by atoms with Crippen molar-refractivity contribution >= 4 is 5.82 Å². The molecule has 1 N–H and O–H groups in total. The van der Waals surface area contributed by atoms with Crippen LogP contribution in [-0.2, 0) is 0 Å². The maximum Gasteiger partial charge on any atom is 0.147 e. The molecule has 1 aromatic rings. The molecule has 0 saturated carbocycles. The average molecular weight is 193 g/mol. The van der Waals surface area contributed by atoms with Gasteiger partial charge in [-0.05, 0) is 20.8 Å². The van der Waals surface area contributed by atoms with Crippen LogP contribution in [0.5, 0.6) is 0 Å². The van der Waals surface area contributed by atoms with Crippen LogP contribution >= 0.6 is 0 Å². The topological polar surface area (TPSA) is 49.2 Å².